The van der Waals surface area contributed by atoms with Crippen LogP contribution in [0.4, 0.5) is 0 Å². The minimum Gasteiger partial charge on any atom is -0.454 e. The summed E-state index contributed by atoms with van der Waals surface area (Å²) in [6.45, 7) is 1.25. The molecule has 0 amide bonds. The topological polar surface area (TPSA) is 94.5 Å². The van der Waals surface area contributed by atoms with E-state index in [4.69, 9.17) is 18.9 Å². The lowest BCUT2D eigenvalue weighted by atomic mass is 9.98. The van der Waals surface area contributed by atoms with Crippen molar-refractivity contribution in [1.29, 1.82) is 0 Å². The third-order valence-corrected chi connectivity index (χ3v) is 4.64. The highest BCUT2D eigenvalue weighted by molar-refractivity contribution is 5.66. The molecule has 0 radical (unpaired) electrons. The second-order valence-electron chi connectivity index (χ2n) is 6.85. The zero-order valence-electron chi connectivity index (χ0n) is 16.2. The Morgan fingerprint density at radius 3 is 2.00 bits per heavy atom. The number of rotatable bonds is 8. The predicted molar refractivity (Wildman–Crippen MR) is 104 cm³/mol. The maximum Gasteiger partial charge on any atom is 0.303 e. The first-order chi connectivity index (χ1) is 14.1. The lowest BCUT2D eigenvalue weighted by molar-refractivity contribution is -0.314. The molecule has 0 spiro atoms. The average molecular weight is 402 g/mol. The second kappa shape index (κ2) is 10.5. The molecule has 2 aromatic carbocycles. The minimum absolute atomic E-state index is 0.198. The van der Waals surface area contributed by atoms with Gasteiger partial charge in [0, 0.05) is 6.92 Å². The second-order valence-corrected chi connectivity index (χ2v) is 6.85. The number of hydrogen-bond acceptors (Lipinski definition) is 7. The van der Waals surface area contributed by atoms with E-state index in [0.717, 1.165) is 11.1 Å². The van der Waals surface area contributed by atoms with E-state index in [1.807, 2.05) is 60.7 Å². The van der Waals surface area contributed by atoms with Gasteiger partial charge in [0.2, 0.25) is 0 Å². The summed E-state index contributed by atoms with van der Waals surface area (Å²) in [5.74, 6) is -0.546. The summed E-state index contributed by atoms with van der Waals surface area (Å²) in [5, 5.41) is 20.3. The van der Waals surface area contributed by atoms with Gasteiger partial charge in [-0.3, -0.25) is 4.79 Å². The van der Waals surface area contributed by atoms with Gasteiger partial charge in [-0.25, -0.2) is 0 Å². The smallest absolute Gasteiger partial charge is 0.303 e. The van der Waals surface area contributed by atoms with Crippen molar-refractivity contribution >= 4 is 5.97 Å². The summed E-state index contributed by atoms with van der Waals surface area (Å²) >= 11 is 0. The summed E-state index contributed by atoms with van der Waals surface area (Å²) in [6, 6.07) is 18.9. The summed E-state index contributed by atoms with van der Waals surface area (Å²) < 4.78 is 22.8. The Kier molecular flexibility index (Phi) is 7.74. The largest absolute Gasteiger partial charge is 0.454 e. The maximum absolute atomic E-state index is 11.7. The Bertz CT molecular complexity index is 752. The minimum atomic E-state index is -1.19. The molecule has 1 aliphatic rings. The highest BCUT2D eigenvalue weighted by Gasteiger charge is 2.48. The first-order valence-electron chi connectivity index (χ1n) is 9.51. The summed E-state index contributed by atoms with van der Waals surface area (Å²) in [7, 11) is 0. The fourth-order valence-corrected chi connectivity index (χ4v) is 3.20. The summed E-state index contributed by atoms with van der Waals surface area (Å²) in [6.07, 6.45) is -5.03. The van der Waals surface area contributed by atoms with Crippen molar-refractivity contribution in [1.82, 2.24) is 0 Å². The van der Waals surface area contributed by atoms with Crippen LogP contribution in [-0.2, 0) is 37.0 Å². The van der Waals surface area contributed by atoms with Crippen molar-refractivity contribution in [2.45, 2.75) is 50.8 Å². The van der Waals surface area contributed by atoms with Gasteiger partial charge in [-0.15, -0.1) is 0 Å². The molecule has 7 heteroatoms. The quantitative estimate of drug-likeness (QED) is 0.650. The van der Waals surface area contributed by atoms with Crippen LogP contribution in [-0.4, -0.2) is 53.5 Å². The zero-order chi connectivity index (χ0) is 20.6. The lowest BCUT2D eigenvalue weighted by Gasteiger charge is -2.43. The molecule has 7 nitrogen and oxygen atoms in total. The molecule has 0 aromatic heterocycles. The molecule has 0 saturated carbocycles. The first kappa shape index (κ1) is 21.4. The molecule has 0 aliphatic carbocycles. The van der Waals surface area contributed by atoms with Crippen LogP contribution in [0.3, 0.4) is 0 Å². The van der Waals surface area contributed by atoms with Crippen molar-refractivity contribution < 1.29 is 34.0 Å². The number of ether oxygens (including phenoxy) is 4. The molecule has 1 aliphatic heterocycles. The molecule has 0 unspecified atom stereocenters. The molecule has 29 heavy (non-hydrogen) atoms. The number of benzene rings is 2. The van der Waals surface area contributed by atoms with Gasteiger partial charge in [0.1, 0.15) is 18.3 Å². The monoisotopic (exact) mass is 402 g/mol. The van der Waals surface area contributed by atoms with Crippen LogP contribution in [0.2, 0.25) is 0 Å². The van der Waals surface area contributed by atoms with E-state index in [9.17, 15) is 15.0 Å². The van der Waals surface area contributed by atoms with Crippen LogP contribution in [0.25, 0.3) is 0 Å². The van der Waals surface area contributed by atoms with Crippen molar-refractivity contribution in [3.8, 4) is 0 Å². The fraction of sp³-hybridized carbons (Fsp3) is 0.409. The number of aliphatic hydroxyl groups excluding tert-OH is 2. The molecule has 1 heterocycles. The van der Waals surface area contributed by atoms with Crippen LogP contribution in [0.15, 0.2) is 60.7 Å². The number of hydrogen-bond donors (Lipinski definition) is 2. The predicted octanol–water partition coefficient (Wildman–Crippen LogP) is 1.80. The van der Waals surface area contributed by atoms with Crippen molar-refractivity contribution in [2.75, 3.05) is 6.61 Å². The van der Waals surface area contributed by atoms with Crippen LogP contribution >= 0.6 is 0 Å². The molecule has 1 fully saturated rings. The van der Waals surface area contributed by atoms with E-state index < -0.39 is 43.3 Å². The molecule has 3 rings (SSSR count). The molecular weight excluding hydrogens is 376 g/mol. The van der Waals surface area contributed by atoms with Crippen LogP contribution in [0, 0.1) is 0 Å². The van der Waals surface area contributed by atoms with E-state index in [1.54, 1.807) is 0 Å². The summed E-state index contributed by atoms with van der Waals surface area (Å²) in [5.41, 5.74) is 1.81. The highest BCUT2D eigenvalue weighted by Crippen LogP contribution is 2.28. The van der Waals surface area contributed by atoms with Gasteiger partial charge in [0.05, 0.1) is 19.8 Å². The van der Waals surface area contributed by atoms with Gasteiger partial charge in [-0.2, -0.15) is 0 Å². The average Bonchev–Trinajstić information content (AvgIpc) is 2.74. The van der Waals surface area contributed by atoms with Crippen LogP contribution < -0.4 is 0 Å². The Hall–Kier alpha value is -2.29. The van der Waals surface area contributed by atoms with Gasteiger partial charge >= 0.3 is 5.97 Å². The third-order valence-electron chi connectivity index (χ3n) is 4.64. The van der Waals surface area contributed by atoms with E-state index in [1.165, 1.54) is 6.92 Å². The maximum atomic E-state index is 11.7. The third kappa shape index (κ3) is 5.85. The molecular formula is C22H26O7. The van der Waals surface area contributed by atoms with Crippen molar-refractivity contribution in [3.05, 3.63) is 71.8 Å². The number of esters is 1. The highest BCUT2D eigenvalue weighted by atomic mass is 16.7. The van der Waals surface area contributed by atoms with Gasteiger partial charge < -0.3 is 29.2 Å². The number of carbonyl (C=O) groups excluding carboxylic acids is 1. The van der Waals surface area contributed by atoms with Crippen molar-refractivity contribution in [2.24, 2.45) is 0 Å². The van der Waals surface area contributed by atoms with Crippen molar-refractivity contribution in [3.63, 3.8) is 0 Å². The van der Waals surface area contributed by atoms with Crippen LogP contribution in [0.1, 0.15) is 18.1 Å². The molecule has 1 saturated heterocycles. The van der Waals surface area contributed by atoms with Gasteiger partial charge in [0.25, 0.3) is 0 Å². The standard InChI is InChI=1S/C22H26O7/c1-15(24)28-21-20(26-13-16-8-4-2-5-9-16)19(25)18(12-23)29-22(21)27-14-17-10-6-3-7-11-17/h2-11,18-23,25H,12-14H2,1H3/t18-,19+,20-,21-,22-/m0/s1. The molecule has 156 valence electrons. The van der Waals surface area contributed by atoms with E-state index in [-0.39, 0.29) is 13.2 Å². The normalized spacial score (nSPS) is 26.8. The van der Waals surface area contributed by atoms with E-state index in [0.29, 0.717) is 0 Å². The molecule has 2 N–H and O–H groups in total. The summed E-state index contributed by atoms with van der Waals surface area (Å²) in [4.78, 5) is 11.7. The Morgan fingerprint density at radius 1 is 0.931 bits per heavy atom. The first-order valence-corrected chi connectivity index (χ1v) is 9.51. The Labute approximate surface area is 169 Å². The van der Waals surface area contributed by atoms with E-state index in [2.05, 4.69) is 0 Å². The number of aliphatic hydroxyl groups is 2. The number of carbonyl (C=O) groups is 1. The fourth-order valence-electron chi connectivity index (χ4n) is 3.20. The van der Waals surface area contributed by atoms with E-state index >= 15 is 0 Å². The zero-order valence-corrected chi connectivity index (χ0v) is 16.2. The van der Waals surface area contributed by atoms with Gasteiger partial charge in [-0.1, -0.05) is 60.7 Å². The lowest BCUT2D eigenvalue weighted by Crippen LogP contribution is -2.61. The molecule has 0 bridgehead atoms. The SMILES string of the molecule is CC(=O)O[C@@H]1[C@@H](OCc2ccccc2)O[C@@H](CO)[C@@H](O)[C@@H]1OCc1ccccc1. The Balaban J connectivity index is 1.76. The molecule has 5 atom stereocenters. The molecule has 2 aromatic rings. The van der Waals surface area contributed by atoms with Gasteiger partial charge in [-0.05, 0) is 11.1 Å². The Morgan fingerprint density at radius 2 is 1.48 bits per heavy atom. The van der Waals surface area contributed by atoms with Gasteiger partial charge in [0.15, 0.2) is 12.4 Å². The van der Waals surface area contributed by atoms with Crippen LogP contribution in [0.5, 0.6) is 0 Å².